The second kappa shape index (κ2) is 11.2. The van der Waals surface area contributed by atoms with Crippen molar-refractivity contribution in [2.45, 2.75) is 13.8 Å². The Balaban J connectivity index is 0.00000364. The molecule has 0 aliphatic carbocycles. The number of benzene rings is 1. The number of aliphatic imine (C=N–C) groups is 1. The maximum atomic E-state index is 11.9. The summed E-state index contributed by atoms with van der Waals surface area (Å²) in [6, 6.07) is 6.59. The fourth-order valence-electron chi connectivity index (χ4n) is 2.93. The number of guanidine groups is 1. The number of amides is 1. The van der Waals surface area contributed by atoms with E-state index in [0.717, 1.165) is 32.1 Å². The number of halogens is 1. The van der Waals surface area contributed by atoms with Crippen LogP contribution in [0.1, 0.15) is 11.1 Å². The van der Waals surface area contributed by atoms with E-state index in [-0.39, 0.29) is 36.4 Å². The molecule has 0 aromatic heterocycles. The maximum Gasteiger partial charge on any atom is 0.243 e. The van der Waals surface area contributed by atoms with Crippen molar-refractivity contribution in [1.29, 1.82) is 0 Å². The molecule has 2 rings (SSSR count). The smallest absolute Gasteiger partial charge is 0.243 e. The van der Waals surface area contributed by atoms with Gasteiger partial charge in [0, 0.05) is 52.5 Å². The lowest BCUT2D eigenvalue weighted by Crippen LogP contribution is -2.53. The van der Waals surface area contributed by atoms with E-state index in [1.54, 1.807) is 25.1 Å². The molecule has 0 unspecified atom stereocenters. The van der Waals surface area contributed by atoms with Crippen molar-refractivity contribution in [3.63, 3.8) is 0 Å². The normalized spacial score (nSPS) is 14.4. The van der Waals surface area contributed by atoms with Gasteiger partial charge < -0.3 is 20.0 Å². The van der Waals surface area contributed by atoms with Gasteiger partial charge in [-0.15, -0.1) is 30.6 Å². The first-order chi connectivity index (χ1) is 12.4. The minimum Gasteiger partial charge on any atom is -0.368 e. The van der Waals surface area contributed by atoms with Crippen molar-refractivity contribution in [2.75, 3.05) is 58.3 Å². The third kappa shape index (κ3) is 6.71. The average Bonchev–Trinajstić information content (AvgIpc) is 2.63. The van der Waals surface area contributed by atoms with Gasteiger partial charge in [-0.05, 0) is 31.0 Å². The van der Waals surface area contributed by atoms with Crippen LogP contribution in [0.25, 0.3) is 0 Å². The van der Waals surface area contributed by atoms with Crippen LogP contribution in [0.15, 0.2) is 35.8 Å². The molecule has 1 heterocycles. The van der Waals surface area contributed by atoms with Crippen molar-refractivity contribution in [2.24, 2.45) is 4.99 Å². The monoisotopic (exact) mass is 485 g/mol. The number of rotatable bonds is 5. The molecule has 0 bridgehead atoms. The van der Waals surface area contributed by atoms with E-state index < -0.39 is 0 Å². The van der Waals surface area contributed by atoms with E-state index in [4.69, 9.17) is 0 Å². The quantitative estimate of drug-likeness (QED) is 0.301. The van der Waals surface area contributed by atoms with Gasteiger partial charge in [0.25, 0.3) is 0 Å². The number of aryl methyl sites for hydroxylation is 2. The molecule has 27 heavy (non-hydrogen) atoms. The van der Waals surface area contributed by atoms with E-state index in [0.29, 0.717) is 6.54 Å². The SMILES string of the molecule is C=CCNC(=NCC(=O)N(C)C)N1CCN(c2cc(C)ccc2C)CC1.I. The zero-order valence-electron chi connectivity index (χ0n) is 16.9. The van der Waals surface area contributed by atoms with Crippen molar-refractivity contribution >= 4 is 41.5 Å². The molecule has 1 N–H and O–H groups in total. The molecule has 1 aliphatic heterocycles. The fourth-order valence-corrected chi connectivity index (χ4v) is 2.93. The number of nitrogens with one attached hydrogen (secondary N) is 1. The van der Waals surface area contributed by atoms with Gasteiger partial charge in [-0.2, -0.15) is 0 Å². The van der Waals surface area contributed by atoms with Gasteiger partial charge in [-0.3, -0.25) is 4.79 Å². The Morgan fingerprint density at radius 3 is 2.52 bits per heavy atom. The Bertz CT molecular complexity index is 666. The summed E-state index contributed by atoms with van der Waals surface area (Å²) in [6.07, 6.45) is 1.80. The van der Waals surface area contributed by atoms with Crippen molar-refractivity contribution in [1.82, 2.24) is 15.1 Å². The van der Waals surface area contributed by atoms with Crippen LogP contribution < -0.4 is 10.2 Å². The predicted octanol–water partition coefficient (Wildman–Crippen LogP) is 2.26. The predicted molar refractivity (Wildman–Crippen MR) is 124 cm³/mol. The summed E-state index contributed by atoms with van der Waals surface area (Å²) in [7, 11) is 3.50. The van der Waals surface area contributed by atoms with Crippen LogP contribution in [0.3, 0.4) is 0 Å². The number of carbonyl (C=O) groups excluding carboxylic acids is 1. The van der Waals surface area contributed by atoms with E-state index in [1.807, 2.05) is 0 Å². The topological polar surface area (TPSA) is 51.2 Å². The van der Waals surface area contributed by atoms with E-state index >= 15 is 0 Å². The molecule has 1 aromatic carbocycles. The van der Waals surface area contributed by atoms with Gasteiger partial charge in [0.05, 0.1) is 0 Å². The summed E-state index contributed by atoms with van der Waals surface area (Å²) in [5.41, 5.74) is 3.90. The van der Waals surface area contributed by atoms with Gasteiger partial charge >= 0.3 is 0 Å². The van der Waals surface area contributed by atoms with E-state index in [2.05, 4.69) is 58.7 Å². The molecule has 150 valence electrons. The molecule has 0 radical (unpaired) electrons. The molecule has 7 heteroatoms. The van der Waals surface area contributed by atoms with E-state index in [9.17, 15) is 4.79 Å². The molecule has 1 saturated heterocycles. The zero-order chi connectivity index (χ0) is 19.1. The number of carbonyl (C=O) groups is 1. The van der Waals surface area contributed by atoms with Gasteiger partial charge in [-0.25, -0.2) is 4.99 Å². The Morgan fingerprint density at radius 1 is 1.26 bits per heavy atom. The zero-order valence-corrected chi connectivity index (χ0v) is 19.2. The number of nitrogens with zero attached hydrogens (tertiary/aromatic N) is 4. The molecule has 1 aliphatic rings. The first-order valence-corrected chi connectivity index (χ1v) is 9.09. The number of piperazine rings is 1. The fraction of sp³-hybridized carbons (Fsp3) is 0.500. The summed E-state index contributed by atoms with van der Waals surface area (Å²) < 4.78 is 0. The van der Waals surface area contributed by atoms with Crippen molar-refractivity contribution in [3.8, 4) is 0 Å². The second-order valence-electron chi connectivity index (χ2n) is 6.86. The number of hydrogen-bond donors (Lipinski definition) is 1. The lowest BCUT2D eigenvalue weighted by atomic mass is 10.1. The third-order valence-corrected chi connectivity index (χ3v) is 4.55. The lowest BCUT2D eigenvalue weighted by Gasteiger charge is -2.38. The number of likely N-dealkylation sites (N-methyl/N-ethyl adjacent to an activating group) is 1. The first kappa shape index (κ1) is 23.3. The second-order valence-corrected chi connectivity index (χ2v) is 6.86. The maximum absolute atomic E-state index is 11.9. The molecule has 0 spiro atoms. The summed E-state index contributed by atoms with van der Waals surface area (Å²) in [6.45, 7) is 12.4. The largest absolute Gasteiger partial charge is 0.368 e. The first-order valence-electron chi connectivity index (χ1n) is 9.09. The molecule has 0 saturated carbocycles. The summed E-state index contributed by atoms with van der Waals surface area (Å²) in [4.78, 5) is 22.6. The van der Waals surface area contributed by atoms with Gasteiger partial charge in [0.1, 0.15) is 6.54 Å². The van der Waals surface area contributed by atoms with Crippen LogP contribution in [0.2, 0.25) is 0 Å². The lowest BCUT2D eigenvalue weighted by molar-refractivity contribution is -0.127. The van der Waals surface area contributed by atoms with Crippen LogP contribution in [-0.4, -0.2) is 75.0 Å². The van der Waals surface area contributed by atoms with Crippen LogP contribution >= 0.6 is 24.0 Å². The molecular formula is C20H32IN5O. The van der Waals surface area contributed by atoms with E-state index in [1.165, 1.54) is 16.8 Å². The summed E-state index contributed by atoms with van der Waals surface area (Å²) in [5, 5.41) is 3.28. The highest BCUT2D eigenvalue weighted by atomic mass is 127. The number of anilines is 1. The Morgan fingerprint density at radius 2 is 1.93 bits per heavy atom. The Hall–Kier alpha value is -1.77. The molecule has 0 atom stereocenters. The molecule has 1 fully saturated rings. The average molecular weight is 485 g/mol. The van der Waals surface area contributed by atoms with Crippen LogP contribution in [-0.2, 0) is 4.79 Å². The molecular weight excluding hydrogens is 453 g/mol. The van der Waals surface area contributed by atoms with Crippen LogP contribution in [0.4, 0.5) is 5.69 Å². The van der Waals surface area contributed by atoms with Gasteiger partial charge in [-0.1, -0.05) is 18.2 Å². The standard InChI is InChI=1S/C20H31N5O.HI/c1-6-9-21-20(22-15-19(26)23(4)5)25-12-10-24(11-13-25)18-14-16(2)7-8-17(18)3;/h6-8,14H,1,9-13,15H2,2-5H3,(H,21,22);1H. The summed E-state index contributed by atoms with van der Waals surface area (Å²) >= 11 is 0. The minimum atomic E-state index is -0.00285. The van der Waals surface area contributed by atoms with Gasteiger partial charge in [0.2, 0.25) is 5.91 Å². The minimum absolute atomic E-state index is 0. The highest BCUT2D eigenvalue weighted by Crippen LogP contribution is 2.22. The summed E-state index contributed by atoms with van der Waals surface area (Å²) in [5.74, 6) is 0.776. The molecule has 1 aromatic rings. The molecule has 6 nitrogen and oxygen atoms in total. The highest BCUT2D eigenvalue weighted by molar-refractivity contribution is 14.0. The van der Waals surface area contributed by atoms with Crippen LogP contribution in [0, 0.1) is 13.8 Å². The Kier molecular flexibility index (Phi) is 9.62. The number of hydrogen-bond acceptors (Lipinski definition) is 3. The Labute approximate surface area is 180 Å². The van der Waals surface area contributed by atoms with Gasteiger partial charge in [0.15, 0.2) is 5.96 Å². The highest BCUT2D eigenvalue weighted by Gasteiger charge is 2.21. The van der Waals surface area contributed by atoms with Crippen molar-refractivity contribution < 1.29 is 4.79 Å². The van der Waals surface area contributed by atoms with Crippen LogP contribution in [0.5, 0.6) is 0 Å². The third-order valence-electron chi connectivity index (χ3n) is 4.55. The molecule has 1 amide bonds. The van der Waals surface area contributed by atoms with Crippen molar-refractivity contribution in [3.05, 3.63) is 42.0 Å².